The number of aromatic nitrogens is 2. The number of nitrogens with zero attached hydrogens (tertiary/aromatic N) is 4. The predicted octanol–water partition coefficient (Wildman–Crippen LogP) is 3.03. The number of rotatable bonds is 12. The van der Waals surface area contributed by atoms with Crippen molar-refractivity contribution in [2.75, 3.05) is 82.4 Å². The summed E-state index contributed by atoms with van der Waals surface area (Å²) in [6.45, 7) is 8.84. The lowest BCUT2D eigenvalue weighted by Gasteiger charge is -2.38. The van der Waals surface area contributed by atoms with Crippen molar-refractivity contribution in [3.8, 4) is 5.75 Å². The maximum absolute atomic E-state index is 15.1. The Balaban J connectivity index is 0.821. The molecule has 13 nitrogen and oxygen atoms in total. The van der Waals surface area contributed by atoms with E-state index in [4.69, 9.17) is 14.2 Å². The molecule has 4 fully saturated rings. The van der Waals surface area contributed by atoms with Crippen LogP contribution in [0.15, 0.2) is 35.1 Å². The van der Waals surface area contributed by atoms with Crippen molar-refractivity contribution in [1.29, 1.82) is 0 Å². The topological polar surface area (TPSA) is 141 Å². The number of imide groups is 1. The lowest BCUT2D eigenvalue weighted by Crippen LogP contribution is -2.49. The van der Waals surface area contributed by atoms with Crippen molar-refractivity contribution in [3.63, 3.8) is 0 Å². The molecule has 5 heterocycles. The summed E-state index contributed by atoms with van der Waals surface area (Å²) in [5.41, 5.74) is 0.788. The quantitative estimate of drug-likeness (QED) is 0.238. The summed E-state index contributed by atoms with van der Waals surface area (Å²) in [7, 11) is 0. The summed E-state index contributed by atoms with van der Waals surface area (Å²) in [5, 5.41) is 5.27. The SMILES string of the molecule is O=C1CCC(Nc2ccc(N3CCN(CCN4CCC(COc5cc(F)c6c(=O)[nH]c(COC7CCOCC7)nc6c5)CC4)CC3)c(F)c2)C(=O)N1. The summed E-state index contributed by atoms with van der Waals surface area (Å²) >= 11 is 0. The normalized spacial score (nSPS) is 21.4. The lowest BCUT2D eigenvalue weighted by atomic mass is 9.98. The number of hydrogen-bond donors (Lipinski definition) is 3. The second kappa shape index (κ2) is 16.7. The number of fused-ring (bicyclic) bond motifs is 1. The predicted molar refractivity (Wildman–Crippen MR) is 190 cm³/mol. The van der Waals surface area contributed by atoms with Gasteiger partial charge in [-0.2, -0.15) is 0 Å². The Labute approximate surface area is 301 Å². The molecule has 0 bridgehead atoms. The van der Waals surface area contributed by atoms with Crippen molar-refractivity contribution in [2.45, 2.75) is 57.3 Å². The van der Waals surface area contributed by atoms with Gasteiger partial charge in [0.25, 0.3) is 5.56 Å². The zero-order valence-corrected chi connectivity index (χ0v) is 29.3. The van der Waals surface area contributed by atoms with E-state index in [1.807, 2.05) is 0 Å². The minimum atomic E-state index is -0.656. The highest BCUT2D eigenvalue weighted by Crippen LogP contribution is 2.27. The summed E-state index contributed by atoms with van der Waals surface area (Å²) in [6.07, 6.45) is 4.22. The first-order chi connectivity index (χ1) is 25.3. The maximum atomic E-state index is 15.1. The Morgan fingerprint density at radius 2 is 1.63 bits per heavy atom. The second-order valence-electron chi connectivity index (χ2n) is 14.2. The van der Waals surface area contributed by atoms with Crippen LogP contribution in [0.1, 0.15) is 44.3 Å². The molecule has 0 spiro atoms. The van der Waals surface area contributed by atoms with Crippen LogP contribution in [-0.4, -0.2) is 116 Å². The number of hydrogen-bond acceptors (Lipinski definition) is 11. The first-order valence-electron chi connectivity index (χ1n) is 18.4. The summed E-state index contributed by atoms with van der Waals surface area (Å²) < 4.78 is 47.4. The molecule has 52 heavy (non-hydrogen) atoms. The minimum absolute atomic E-state index is 0.0476. The number of piperidine rings is 2. The molecule has 1 atom stereocenters. The molecule has 7 rings (SSSR count). The lowest BCUT2D eigenvalue weighted by molar-refractivity contribution is -0.133. The van der Waals surface area contributed by atoms with E-state index in [1.54, 1.807) is 18.2 Å². The number of ether oxygens (including phenoxy) is 3. The number of carbonyl (C=O) groups is 2. The van der Waals surface area contributed by atoms with Crippen LogP contribution in [0, 0.1) is 17.6 Å². The fraction of sp³-hybridized carbons (Fsp3) is 0.568. The van der Waals surface area contributed by atoms with Crippen LogP contribution in [0.4, 0.5) is 20.2 Å². The van der Waals surface area contributed by atoms with Gasteiger partial charge in [0.15, 0.2) is 0 Å². The van der Waals surface area contributed by atoms with Gasteiger partial charge in [-0.25, -0.2) is 13.8 Å². The molecule has 2 amide bonds. The number of nitrogens with one attached hydrogen (secondary N) is 3. The third-order valence-electron chi connectivity index (χ3n) is 10.6. The largest absolute Gasteiger partial charge is 0.493 e. The molecule has 1 aromatic heterocycles. The molecule has 2 aromatic carbocycles. The Bertz CT molecular complexity index is 1790. The fourth-order valence-electron chi connectivity index (χ4n) is 7.41. The van der Waals surface area contributed by atoms with Gasteiger partial charge in [-0.1, -0.05) is 0 Å². The van der Waals surface area contributed by atoms with Crippen LogP contribution in [0.5, 0.6) is 5.75 Å². The van der Waals surface area contributed by atoms with Crippen LogP contribution >= 0.6 is 0 Å². The van der Waals surface area contributed by atoms with Crippen LogP contribution in [-0.2, 0) is 25.7 Å². The Hall–Kier alpha value is -4.18. The van der Waals surface area contributed by atoms with E-state index in [-0.39, 0.29) is 47.7 Å². The van der Waals surface area contributed by atoms with Gasteiger partial charge in [-0.15, -0.1) is 0 Å². The maximum Gasteiger partial charge on any atom is 0.261 e. The smallest absolute Gasteiger partial charge is 0.261 e. The van der Waals surface area contributed by atoms with Gasteiger partial charge < -0.3 is 34.3 Å². The molecular formula is C37H47F2N7O6. The molecule has 4 aliphatic rings. The van der Waals surface area contributed by atoms with Gasteiger partial charge in [-0.05, 0) is 69.3 Å². The molecule has 3 N–H and O–H groups in total. The Morgan fingerprint density at radius 1 is 0.885 bits per heavy atom. The van der Waals surface area contributed by atoms with Crippen LogP contribution in [0.2, 0.25) is 0 Å². The molecular weight excluding hydrogens is 676 g/mol. The van der Waals surface area contributed by atoms with Gasteiger partial charge in [0.1, 0.15) is 41.2 Å². The monoisotopic (exact) mass is 723 g/mol. The van der Waals surface area contributed by atoms with Crippen molar-refractivity contribution in [2.24, 2.45) is 5.92 Å². The van der Waals surface area contributed by atoms with Gasteiger partial charge in [0.2, 0.25) is 11.8 Å². The average Bonchev–Trinajstić information content (AvgIpc) is 3.14. The first-order valence-corrected chi connectivity index (χ1v) is 18.4. The third-order valence-corrected chi connectivity index (χ3v) is 10.6. The van der Waals surface area contributed by atoms with Gasteiger partial charge in [0.05, 0.1) is 23.9 Å². The first kappa shape index (κ1) is 36.2. The number of likely N-dealkylation sites (tertiary alicyclic amines) is 1. The number of amides is 2. The average molecular weight is 724 g/mol. The number of piperazine rings is 1. The van der Waals surface area contributed by atoms with Crippen LogP contribution < -0.4 is 25.8 Å². The Morgan fingerprint density at radius 3 is 2.37 bits per heavy atom. The second-order valence-corrected chi connectivity index (χ2v) is 14.2. The molecule has 0 aliphatic carbocycles. The molecule has 0 saturated carbocycles. The van der Waals surface area contributed by atoms with Crippen molar-refractivity contribution in [1.82, 2.24) is 25.1 Å². The van der Waals surface area contributed by atoms with Crippen LogP contribution in [0.3, 0.4) is 0 Å². The van der Waals surface area contributed by atoms with E-state index in [0.717, 1.165) is 78.0 Å². The van der Waals surface area contributed by atoms with E-state index in [1.165, 1.54) is 12.1 Å². The van der Waals surface area contributed by atoms with E-state index in [0.29, 0.717) is 55.1 Å². The highest BCUT2D eigenvalue weighted by atomic mass is 19.1. The Kier molecular flexibility index (Phi) is 11.6. The number of halogens is 2. The molecule has 0 radical (unpaired) electrons. The van der Waals surface area contributed by atoms with Gasteiger partial charge >= 0.3 is 0 Å². The van der Waals surface area contributed by atoms with E-state index >= 15 is 4.39 Å². The number of aromatic amines is 1. The number of anilines is 2. The highest BCUT2D eigenvalue weighted by Gasteiger charge is 2.27. The third kappa shape index (κ3) is 9.06. The zero-order chi connectivity index (χ0) is 36.0. The minimum Gasteiger partial charge on any atom is -0.493 e. The standard InChI is InChI=1S/C37H47F2N7O6/c38-28-19-25(40-30-2-4-34(47)43-36(30)48)1-3-32(28)46-15-13-45(14-16-46)12-11-44-9-5-24(6-10-44)22-51-27-20-29(39)35-31(21-27)41-33(42-37(35)49)23-52-26-7-17-50-18-8-26/h1,3,19-21,24,26,30,40H,2,4-18,22-23H2,(H,41,42,49)(H,43,47,48). The van der Waals surface area contributed by atoms with E-state index < -0.39 is 17.4 Å². The van der Waals surface area contributed by atoms with Gasteiger partial charge in [0, 0.05) is 76.7 Å². The van der Waals surface area contributed by atoms with E-state index in [2.05, 4.69) is 35.3 Å². The molecule has 4 saturated heterocycles. The summed E-state index contributed by atoms with van der Waals surface area (Å²) in [6, 6.07) is 7.29. The molecule has 15 heteroatoms. The molecule has 280 valence electrons. The number of H-pyrrole nitrogens is 1. The zero-order valence-electron chi connectivity index (χ0n) is 29.3. The summed E-state index contributed by atoms with van der Waals surface area (Å²) in [5.74, 6) is -0.598. The number of carbonyl (C=O) groups excluding carboxylic acids is 2. The van der Waals surface area contributed by atoms with Gasteiger partial charge in [-0.3, -0.25) is 24.6 Å². The molecule has 4 aliphatic heterocycles. The van der Waals surface area contributed by atoms with E-state index in [9.17, 15) is 18.8 Å². The van der Waals surface area contributed by atoms with Crippen molar-refractivity contribution in [3.05, 3.63) is 58.1 Å². The highest BCUT2D eigenvalue weighted by molar-refractivity contribution is 6.01. The molecule has 1 unspecified atom stereocenters. The van der Waals surface area contributed by atoms with Crippen molar-refractivity contribution >= 4 is 34.1 Å². The van der Waals surface area contributed by atoms with Crippen molar-refractivity contribution < 1.29 is 32.6 Å². The fourth-order valence-corrected chi connectivity index (χ4v) is 7.41. The summed E-state index contributed by atoms with van der Waals surface area (Å²) in [4.78, 5) is 50.2. The number of benzene rings is 2. The molecule has 3 aromatic rings. The van der Waals surface area contributed by atoms with Crippen LogP contribution in [0.25, 0.3) is 10.9 Å².